The highest BCUT2D eigenvalue weighted by Gasteiger charge is 2.23. The second kappa shape index (κ2) is 7.42. The predicted octanol–water partition coefficient (Wildman–Crippen LogP) is 4.70. The third-order valence-electron chi connectivity index (χ3n) is 3.80. The van der Waals surface area contributed by atoms with Gasteiger partial charge < -0.3 is 10.2 Å². The normalized spacial score (nSPS) is 11.7. The van der Waals surface area contributed by atoms with Crippen LogP contribution in [0.25, 0.3) is 10.8 Å². The van der Waals surface area contributed by atoms with E-state index in [1.54, 1.807) is 36.4 Å². The van der Waals surface area contributed by atoms with Gasteiger partial charge in [0.1, 0.15) is 17.1 Å². The number of nitrogens with zero attached hydrogens (tertiary/aromatic N) is 1. The van der Waals surface area contributed by atoms with E-state index in [4.69, 9.17) is 0 Å². The number of halogens is 1. The van der Waals surface area contributed by atoms with Crippen LogP contribution < -0.4 is 4.72 Å². The molecule has 3 N–H and O–H groups in total. The molecule has 3 rings (SSSR count). The summed E-state index contributed by atoms with van der Waals surface area (Å²) in [6, 6.07) is 12.5. The standard InChI is InChI=1S/C19H15BrN2O4S/c1-2-11-21-16-17(19(24)15-6-4-3-5-14(15)18(16)23)22-27(25,26)13-9-7-12(20)8-10-13/h2-11,22-24H,1H2. The molecule has 0 bridgehead atoms. The van der Waals surface area contributed by atoms with Gasteiger partial charge in [-0.2, -0.15) is 0 Å². The van der Waals surface area contributed by atoms with E-state index >= 15 is 0 Å². The Kier molecular flexibility index (Phi) is 5.20. The monoisotopic (exact) mass is 446 g/mol. The molecule has 3 aromatic rings. The average molecular weight is 447 g/mol. The highest BCUT2D eigenvalue weighted by atomic mass is 79.9. The van der Waals surface area contributed by atoms with Gasteiger partial charge in [0, 0.05) is 21.5 Å². The number of aliphatic imine (C=N–C) groups is 1. The molecule has 0 aliphatic heterocycles. The van der Waals surface area contributed by atoms with Gasteiger partial charge in [-0.25, -0.2) is 8.42 Å². The molecule has 3 aromatic carbocycles. The molecule has 0 saturated carbocycles. The summed E-state index contributed by atoms with van der Waals surface area (Å²) < 4.78 is 28.6. The Hall–Kier alpha value is -2.84. The first-order valence-corrected chi connectivity index (χ1v) is 10.0. The molecule has 0 fully saturated rings. The van der Waals surface area contributed by atoms with E-state index in [-0.39, 0.29) is 27.8 Å². The molecule has 0 radical (unpaired) electrons. The van der Waals surface area contributed by atoms with E-state index < -0.39 is 10.0 Å². The smallest absolute Gasteiger partial charge is 0.262 e. The van der Waals surface area contributed by atoms with E-state index in [9.17, 15) is 18.6 Å². The van der Waals surface area contributed by atoms with E-state index in [0.717, 1.165) is 4.47 Å². The van der Waals surface area contributed by atoms with Crippen molar-refractivity contribution in [3.05, 3.63) is 65.7 Å². The van der Waals surface area contributed by atoms with Crippen molar-refractivity contribution < 1.29 is 18.6 Å². The quantitative estimate of drug-likeness (QED) is 0.300. The van der Waals surface area contributed by atoms with Crippen LogP contribution >= 0.6 is 15.9 Å². The number of sulfonamides is 1. The number of rotatable bonds is 5. The minimum absolute atomic E-state index is 0.00333. The number of allylic oxidation sites excluding steroid dienone is 1. The van der Waals surface area contributed by atoms with Crippen LogP contribution in [-0.2, 0) is 10.0 Å². The van der Waals surface area contributed by atoms with Crippen LogP contribution in [0.4, 0.5) is 11.4 Å². The van der Waals surface area contributed by atoms with Crippen molar-refractivity contribution in [1.29, 1.82) is 0 Å². The fourth-order valence-electron chi connectivity index (χ4n) is 2.55. The van der Waals surface area contributed by atoms with Gasteiger partial charge in [0.05, 0.1) is 4.90 Å². The highest BCUT2D eigenvalue weighted by molar-refractivity contribution is 9.10. The first kappa shape index (κ1) is 18.9. The Bertz CT molecular complexity index is 1160. The van der Waals surface area contributed by atoms with Crippen LogP contribution in [0.1, 0.15) is 0 Å². The van der Waals surface area contributed by atoms with Crippen molar-refractivity contribution in [3.63, 3.8) is 0 Å². The number of hydrogen-bond donors (Lipinski definition) is 3. The first-order chi connectivity index (χ1) is 12.8. The summed E-state index contributed by atoms with van der Waals surface area (Å²) in [5.74, 6) is -0.588. The minimum Gasteiger partial charge on any atom is -0.505 e. The van der Waals surface area contributed by atoms with Crippen molar-refractivity contribution in [2.24, 2.45) is 4.99 Å². The Morgan fingerprint density at radius 3 is 2.19 bits per heavy atom. The van der Waals surface area contributed by atoms with Gasteiger partial charge >= 0.3 is 0 Å². The summed E-state index contributed by atoms with van der Waals surface area (Å²) in [4.78, 5) is 4.04. The van der Waals surface area contributed by atoms with Crippen molar-refractivity contribution in [3.8, 4) is 11.5 Å². The summed E-state index contributed by atoms with van der Waals surface area (Å²) >= 11 is 3.25. The van der Waals surface area contributed by atoms with Crippen LogP contribution in [0, 0.1) is 0 Å². The number of anilines is 1. The van der Waals surface area contributed by atoms with Crippen molar-refractivity contribution in [1.82, 2.24) is 0 Å². The molecule has 6 nitrogen and oxygen atoms in total. The Morgan fingerprint density at radius 2 is 1.59 bits per heavy atom. The number of phenols is 2. The third-order valence-corrected chi connectivity index (χ3v) is 5.70. The molecule has 0 spiro atoms. The predicted molar refractivity (Wildman–Crippen MR) is 111 cm³/mol. The van der Waals surface area contributed by atoms with Crippen LogP contribution in [0.5, 0.6) is 11.5 Å². The summed E-state index contributed by atoms with van der Waals surface area (Å²) in [5, 5.41) is 21.9. The van der Waals surface area contributed by atoms with E-state index in [0.29, 0.717) is 10.8 Å². The lowest BCUT2D eigenvalue weighted by Crippen LogP contribution is -2.13. The van der Waals surface area contributed by atoms with Crippen LogP contribution in [-0.4, -0.2) is 24.8 Å². The summed E-state index contributed by atoms with van der Waals surface area (Å²) in [6.07, 6.45) is 2.67. The molecular formula is C19H15BrN2O4S. The lowest BCUT2D eigenvalue weighted by molar-refractivity contribution is 0.473. The number of fused-ring (bicyclic) bond motifs is 1. The molecule has 0 aromatic heterocycles. The highest BCUT2D eigenvalue weighted by Crippen LogP contribution is 2.48. The second-order valence-electron chi connectivity index (χ2n) is 5.54. The molecule has 27 heavy (non-hydrogen) atoms. The van der Waals surface area contributed by atoms with Gasteiger partial charge in [0.2, 0.25) is 0 Å². The SMILES string of the molecule is C=CC=Nc1c(NS(=O)(=O)c2ccc(Br)cc2)c(O)c2ccccc2c1O. The zero-order chi connectivity index (χ0) is 19.6. The molecular weight excluding hydrogens is 432 g/mol. The van der Waals surface area contributed by atoms with E-state index in [1.807, 2.05) is 0 Å². The maximum Gasteiger partial charge on any atom is 0.262 e. The summed E-state index contributed by atoms with van der Waals surface area (Å²) in [6.45, 7) is 3.51. The number of phenolic OH excluding ortho intramolecular Hbond substituents is 2. The first-order valence-electron chi connectivity index (χ1n) is 7.75. The Morgan fingerprint density at radius 1 is 1.00 bits per heavy atom. The largest absolute Gasteiger partial charge is 0.505 e. The molecule has 0 aliphatic carbocycles. The maximum atomic E-state index is 12.7. The topological polar surface area (TPSA) is 99.0 Å². The molecule has 0 heterocycles. The Balaban J connectivity index is 2.23. The molecule has 0 atom stereocenters. The fraction of sp³-hybridized carbons (Fsp3) is 0. The zero-order valence-corrected chi connectivity index (χ0v) is 16.3. The van der Waals surface area contributed by atoms with Crippen LogP contribution in [0.3, 0.4) is 0 Å². The summed E-state index contributed by atoms with van der Waals surface area (Å²) in [7, 11) is -4.03. The minimum atomic E-state index is -4.03. The van der Waals surface area contributed by atoms with E-state index in [1.165, 1.54) is 24.4 Å². The van der Waals surface area contributed by atoms with Crippen LogP contribution in [0.15, 0.2) is 75.5 Å². The van der Waals surface area contributed by atoms with Gasteiger partial charge in [0.15, 0.2) is 5.75 Å². The number of hydrogen-bond acceptors (Lipinski definition) is 5. The second-order valence-corrected chi connectivity index (χ2v) is 8.14. The van der Waals surface area contributed by atoms with Crippen LogP contribution in [0.2, 0.25) is 0 Å². The van der Waals surface area contributed by atoms with Gasteiger partial charge in [-0.1, -0.05) is 52.9 Å². The third kappa shape index (κ3) is 3.67. The molecule has 0 unspecified atom stereocenters. The average Bonchev–Trinajstić information content (AvgIpc) is 2.66. The molecule has 0 saturated heterocycles. The Labute approximate surface area is 164 Å². The maximum absolute atomic E-state index is 12.7. The molecule has 8 heteroatoms. The lowest BCUT2D eigenvalue weighted by Gasteiger charge is -2.16. The number of benzene rings is 3. The molecule has 0 aliphatic rings. The lowest BCUT2D eigenvalue weighted by atomic mass is 10.1. The van der Waals surface area contributed by atoms with Gasteiger partial charge in [-0.3, -0.25) is 9.71 Å². The van der Waals surface area contributed by atoms with Gasteiger partial charge in [-0.05, 0) is 24.3 Å². The summed E-state index contributed by atoms with van der Waals surface area (Å²) in [5.41, 5.74) is -0.320. The van der Waals surface area contributed by atoms with Crippen molar-refractivity contribution >= 4 is 54.3 Å². The number of aromatic hydroxyl groups is 2. The fourth-order valence-corrected chi connectivity index (χ4v) is 3.88. The van der Waals surface area contributed by atoms with Crippen molar-refractivity contribution in [2.75, 3.05) is 4.72 Å². The van der Waals surface area contributed by atoms with Gasteiger partial charge in [-0.15, -0.1) is 0 Å². The molecule has 138 valence electrons. The number of nitrogens with one attached hydrogen (secondary N) is 1. The van der Waals surface area contributed by atoms with Gasteiger partial charge in [0.25, 0.3) is 10.0 Å². The van der Waals surface area contributed by atoms with Crippen molar-refractivity contribution in [2.45, 2.75) is 4.90 Å². The molecule has 0 amide bonds. The zero-order valence-electron chi connectivity index (χ0n) is 13.9. The van der Waals surface area contributed by atoms with E-state index in [2.05, 4.69) is 32.2 Å².